The van der Waals surface area contributed by atoms with Gasteiger partial charge in [0.1, 0.15) is 18.5 Å². The fourth-order valence-corrected chi connectivity index (χ4v) is 3.27. The number of likely N-dealkylation sites (N-methyl/N-ethyl adjacent to an activating group) is 1. The van der Waals surface area contributed by atoms with Gasteiger partial charge in [-0.25, -0.2) is 0 Å². The first-order valence-electron chi connectivity index (χ1n) is 8.77. The molecule has 1 fully saturated rings. The summed E-state index contributed by atoms with van der Waals surface area (Å²) >= 11 is 0. The van der Waals surface area contributed by atoms with E-state index in [4.69, 9.17) is 4.74 Å². The van der Waals surface area contributed by atoms with Crippen LogP contribution < -0.4 is 4.74 Å². The van der Waals surface area contributed by atoms with E-state index in [0.29, 0.717) is 25.2 Å². The van der Waals surface area contributed by atoms with E-state index in [0.717, 1.165) is 18.8 Å². The summed E-state index contributed by atoms with van der Waals surface area (Å²) in [6, 6.07) is 9.16. The zero-order chi connectivity index (χ0) is 16.8. The van der Waals surface area contributed by atoms with Crippen molar-refractivity contribution in [3.8, 4) is 5.75 Å². The molecule has 1 aliphatic rings. The second-order valence-electron chi connectivity index (χ2n) is 7.08. The van der Waals surface area contributed by atoms with Crippen LogP contribution in [0.1, 0.15) is 32.3 Å². The van der Waals surface area contributed by atoms with Crippen molar-refractivity contribution >= 4 is 0 Å². The molecule has 2 rings (SSSR count). The Morgan fingerprint density at radius 3 is 2.61 bits per heavy atom. The Balaban J connectivity index is 1.71. The number of aliphatic hydroxyl groups excluding tert-OH is 1. The fraction of sp³-hybridized carbons (Fsp3) is 0.684. The average Bonchev–Trinajstić information content (AvgIpc) is 2.53. The topological polar surface area (TPSA) is 35.9 Å². The lowest BCUT2D eigenvalue weighted by Crippen LogP contribution is -2.47. The molecule has 1 aliphatic heterocycles. The van der Waals surface area contributed by atoms with Crippen molar-refractivity contribution in [3.05, 3.63) is 29.8 Å². The van der Waals surface area contributed by atoms with Gasteiger partial charge in [-0.1, -0.05) is 12.1 Å². The summed E-state index contributed by atoms with van der Waals surface area (Å²) in [6.07, 6.45) is 1.91. The number of benzene rings is 1. The predicted octanol–water partition coefficient (Wildman–Crippen LogP) is 2.54. The van der Waals surface area contributed by atoms with Gasteiger partial charge in [0, 0.05) is 18.6 Å². The van der Waals surface area contributed by atoms with Crippen LogP contribution in [-0.4, -0.2) is 66.4 Å². The van der Waals surface area contributed by atoms with Gasteiger partial charge in [-0.15, -0.1) is 0 Å². The molecular weight excluding hydrogens is 288 g/mol. The number of hydrogen-bond donors (Lipinski definition) is 1. The fourth-order valence-electron chi connectivity index (χ4n) is 3.27. The van der Waals surface area contributed by atoms with Crippen LogP contribution in [0.5, 0.6) is 5.75 Å². The molecule has 1 unspecified atom stereocenters. The molecule has 0 aliphatic carbocycles. The summed E-state index contributed by atoms with van der Waals surface area (Å²) in [5.74, 6) is 0.831. The Hall–Kier alpha value is -1.10. The molecule has 1 atom stereocenters. The minimum atomic E-state index is -0.455. The summed E-state index contributed by atoms with van der Waals surface area (Å²) in [5.41, 5.74) is 1.17. The average molecular weight is 320 g/mol. The largest absolute Gasteiger partial charge is 0.491 e. The van der Waals surface area contributed by atoms with Crippen LogP contribution in [0.15, 0.2) is 24.3 Å². The number of nitrogens with zero attached hydrogens (tertiary/aromatic N) is 2. The zero-order valence-corrected chi connectivity index (χ0v) is 15.0. The van der Waals surface area contributed by atoms with Crippen molar-refractivity contribution < 1.29 is 9.84 Å². The molecule has 1 heterocycles. The third-order valence-corrected chi connectivity index (χ3v) is 4.78. The quantitative estimate of drug-likeness (QED) is 0.837. The Labute approximate surface area is 141 Å². The van der Waals surface area contributed by atoms with Crippen LogP contribution in [0.2, 0.25) is 0 Å². The number of hydrogen-bond acceptors (Lipinski definition) is 4. The van der Waals surface area contributed by atoms with E-state index in [1.54, 1.807) is 0 Å². The van der Waals surface area contributed by atoms with E-state index < -0.39 is 6.10 Å². The number of rotatable bonds is 7. The van der Waals surface area contributed by atoms with E-state index in [9.17, 15) is 5.11 Å². The Bertz CT molecular complexity index is 470. The van der Waals surface area contributed by atoms with Gasteiger partial charge >= 0.3 is 0 Å². The van der Waals surface area contributed by atoms with E-state index in [-0.39, 0.29) is 0 Å². The van der Waals surface area contributed by atoms with Gasteiger partial charge in [0.25, 0.3) is 0 Å². The predicted molar refractivity (Wildman–Crippen MR) is 95.0 cm³/mol. The monoisotopic (exact) mass is 320 g/mol. The van der Waals surface area contributed by atoms with Crippen molar-refractivity contribution in [2.45, 2.75) is 51.8 Å². The highest BCUT2D eigenvalue weighted by Gasteiger charge is 2.24. The first kappa shape index (κ1) is 18.2. The Morgan fingerprint density at radius 1 is 1.30 bits per heavy atom. The van der Waals surface area contributed by atoms with Crippen molar-refractivity contribution in [2.75, 3.05) is 33.3 Å². The van der Waals surface area contributed by atoms with E-state index in [1.165, 1.54) is 18.4 Å². The molecule has 0 amide bonds. The highest BCUT2D eigenvalue weighted by atomic mass is 16.5. The van der Waals surface area contributed by atoms with Crippen molar-refractivity contribution in [3.63, 3.8) is 0 Å². The molecule has 0 saturated carbocycles. The van der Waals surface area contributed by atoms with Crippen LogP contribution in [0.25, 0.3) is 0 Å². The lowest BCUT2D eigenvalue weighted by Gasteiger charge is -2.39. The number of likely N-dealkylation sites (tertiary alicyclic amines) is 1. The van der Waals surface area contributed by atoms with E-state index in [1.807, 2.05) is 31.2 Å². The third-order valence-electron chi connectivity index (χ3n) is 4.78. The number of aryl methyl sites for hydroxylation is 1. The molecule has 0 bridgehead atoms. The van der Waals surface area contributed by atoms with Gasteiger partial charge in [-0.2, -0.15) is 0 Å². The van der Waals surface area contributed by atoms with Crippen molar-refractivity contribution in [1.29, 1.82) is 0 Å². The van der Waals surface area contributed by atoms with Gasteiger partial charge in [-0.3, -0.25) is 0 Å². The second-order valence-corrected chi connectivity index (χ2v) is 7.08. The summed E-state index contributed by atoms with van der Waals surface area (Å²) in [4.78, 5) is 4.82. The molecule has 0 aromatic heterocycles. The van der Waals surface area contributed by atoms with Gasteiger partial charge in [-0.05, 0) is 71.4 Å². The maximum atomic E-state index is 10.2. The maximum Gasteiger partial charge on any atom is 0.119 e. The lowest BCUT2D eigenvalue weighted by molar-refractivity contribution is 0.0433. The SMILES string of the molecule is Cc1cccc(OCC(O)CN(C)C2CCN(C(C)C)CC2)c1. The Morgan fingerprint density at radius 2 is 2.00 bits per heavy atom. The van der Waals surface area contributed by atoms with Gasteiger partial charge in [0.05, 0.1) is 0 Å². The lowest BCUT2D eigenvalue weighted by atomic mass is 10.0. The maximum absolute atomic E-state index is 10.2. The van der Waals surface area contributed by atoms with Crippen LogP contribution >= 0.6 is 0 Å². The molecule has 1 saturated heterocycles. The molecule has 130 valence electrons. The van der Waals surface area contributed by atoms with E-state index >= 15 is 0 Å². The molecule has 4 nitrogen and oxygen atoms in total. The first-order chi connectivity index (χ1) is 11.0. The molecule has 0 radical (unpaired) electrons. The molecular formula is C19H32N2O2. The van der Waals surface area contributed by atoms with Crippen LogP contribution in [0.3, 0.4) is 0 Å². The first-order valence-corrected chi connectivity index (χ1v) is 8.77. The summed E-state index contributed by atoms with van der Waals surface area (Å²) in [7, 11) is 2.12. The standard InChI is InChI=1S/C19H32N2O2/c1-15(2)21-10-8-17(9-11-21)20(4)13-18(22)14-23-19-7-5-6-16(3)12-19/h5-7,12,15,17-18,22H,8-11,13-14H2,1-4H3. The molecule has 1 aromatic rings. The van der Waals surface area contributed by atoms with E-state index in [2.05, 4.69) is 30.7 Å². The molecule has 4 heteroatoms. The molecule has 0 spiro atoms. The minimum Gasteiger partial charge on any atom is -0.491 e. The summed E-state index contributed by atoms with van der Waals surface area (Å²) < 4.78 is 5.70. The number of aliphatic hydroxyl groups is 1. The smallest absolute Gasteiger partial charge is 0.119 e. The Kier molecular flexibility index (Phi) is 6.88. The van der Waals surface area contributed by atoms with Crippen molar-refractivity contribution in [2.24, 2.45) is 0 Å². The van der Waals surface area contributed by atoms with Crippen molar-refractivity contribution in [1.82, 2.24) is 9.80 Å². The second kappa shape index (κ2) is 8.67. The van der Waals surface area contributed by atoms with Gasteiger partial charge in [0.2, 0.25) is 0 Å². The van der Waals surface area contributed by atoms with Gasteiger partial charge < -0.3 is 19.6 Å². The van der Waals surface area contributed by atoms with Crippen LogP contribution in [-0.2, 0) is 0 Å². The normalized spacial score (nSPS) is 18.6. The molecule has 1 aromatic carbocycles. The third kappa shape index (κ3) is 5.79. The highest BCUT2D eigenvalue weighted by molar-refractivity contribution is 5.27. The minimum absolute atomic E-state index is 0.346. The van der Waals surface area contributed by atoms with Gasteiger partial charge in [0.15, 0.2) is 0 Å². The highest BCUT2D eigenvalue weighted by Crippen LogP contribution is 2.18. The molecule has 23 heavy (non-hydrogen) atoms. The number of piperidine rings is 1. The number of ether oxygens (including phenoxy) is 1. The van der Waals surface area contributed by atoms with Crippen LogP contribution in [0, 0.1) is 6.92 Å². The van der Waals surface area contributed by atoms with Crippen LogP contribution in [0.4, 0.5) is 0 Å². The zero-order valence-electron chi connectivity index (χ0n) is 15.0. The summed E-state index contributed by atoms with van der Waals surface area (Å²) in [6.45, 7) is 9.88. The summed E-state index contributed by atoms with van der Waals surface area (Å²) in [5, 5.41) is 10.2. The molecule has 1 N–H and O–H groups in total.